The number of phenols is 1. The molecule has 0 unspecified atom stereocenters. The van der Waals surface area contributed by atoms with Crippen molar-refractivity contribution in [2.24, 2.45) is 0 Å². The topological polar surface area (TPSA) is 165 Å². The number of aromatic hydroxyl groups is 1. The summed E-state index contributed by atoms with van der Waals surface area (Å²) in [7, 11) is 1.39. The van der Waals surface area contributed by atoms with Gasteiger partial charge >= 0.3 is 5.97 Å². The SMILES string of the molecule is COc1cc(/C=C\C(=O)OC[C@H]2O[C@@H](Oc3c(C)occc3=O)[C@H](O)[C@@H](O)[C@@H]2O)ccc1O. The molecule has 1 aliphatic heterocycles. The standard InChI is InChI=1S/C22H24O11/c1-11-21(14(24)7-8-30-11)33-22-20(28)19(27)18(26)16(32-22)10-31-17(25)6-4-12-3-5-13(23)15(9-12)29-2/h3-9,16,18-20,22-23,26-28H,10H2,1-2H3/b6-4-/t16-,18-,19+,20-,22+/m1/s1. The number of aliphatic hydroxyl groups is 3. The van der Waals surface area contributed by atoms with Crippen LogP contribution in [0.5, 0.6) is 17.2 Å². The first-order valence-corrected chi connectivity index (χ1v) is 9.87. The fourth-order valence-corrected chi connectivity index (χ4v) is 3.08. The van der Waals surface area contributed by atoms with E-state index < -0.39 is 48.7 Å². The van der Waals surface area contributed by atoms with E-state index in [9.17, 15) is 30.0 Å². The van der Waals surface area contributed by atoms with Crippen LogP contribution in [0.3, 0.4) is 0 Å². The molecule has 2 heterocycles. The monoisotopic (exact) mass is 464 g/mol. The van der Waals surface area contributed by atoms with Crippen molar-refractivity contribution < 1.29 is 48.6 Å². The zero-order valence-electron chi connectivity index (χ0n) is 17.8. The number of aliphatic hydroxyl groups excluding tert-OH is 3. The van der Waals surface area contributed by atoms with Crippen molar-refractivity contribution in [3.8, 4) is 17.2 Å². The highest BCUT2D eigenvalue weighted by Gasteiger charge is 2.45. The highest BCUT2D eigenvalue weighted by Crippen LogP contribution is 2.27. The Bertz CT molecular complexity index is 1060. The third kappa shape index (κ3) is 5.71. The van der Waals surface area contributed by atoms with E-state index >= 15 is 0 Å². The number of benzene rings is 1. The number of aryl methyl sites for hydroxylation is 1. The molecule has 33 heavy (non-hydrogen) atoms. The largest absolute Gasteiger partial charge is 0.504 e. The molecule has 5 atom stereocenters. The minimum Gasteiger partial charge on any atom is -0.504 e. The van der Waals surface area contributed by atoms with Gasteiger partial charge in [0.25, 0.3) is 0 Å². The molecule has 11 nitrogen and oxygen atoms in total. The fraction of sp³-hybridized carbons (Fsp3) is 0.364. The van der Waals surface area contributed by atoms with Gasteiger partial charge in [-0.15, -0.1) is 0 Å². The summed E-state index contributed by atoms with van der Waals surface area (Å²) in [5.41, 5.74) is 0.0220. The van der Waals surface area contributed by atoms with Crippen LogP contribution in [0.4, 0.5) is 0 Å². The second-order valence-electron chi connectivity index (χ2n) is 7.20. The molecule has 1 aliphatic rings. The van der Waals surface area contributed by atoms with Gasteiger partial charge in [-0.3, -0.25) is 4.79 Å². The lowest BCUT2D eigenvalue weighted by Gasteiger charge is -2.39. The zero-order chi connectivity index (χ0) is 24.1. The Hall–Kier alpha value is -3.38. The summed E-state index contributed by atoms with van der Waals surface area (Å²) in [6.45, 7) is 0.988. The molecule has 0 radical (unpaired) electrons. The van der Waals surface area contributed by atoms with Crippen LogP contribution >= 0.6 is 0 Å². The summed E-state index contributed by atoms with van der Waals surface area (Å²) >= 11 is 0. The smallest absolute Gasteiger partial charge is 0.330 e. The molecule has 1 saturated heterocycles. The summed E-state index contributed by atoms with van der Waals surface area (Å²) in [6.07, 6.45) is -4.05. The van der Waals surface area contributed by atoms with Gasteiger partial charge < -0.3 is 43.8 Å². The second-order valence-corrected chi connectivity index (χ2v) is 7.20. The van der Waals surface area contributed by atoms with Crippen LogP contribution in [-0.4, -0.2) is 70.8 Å². The molecule has 0 aliphatic carbocycles. The normalized spacial score (nSPS) is 25.1. The summed E-state index contributed by atoms with van der Waals surface area (Å²) in [5, 5.41) is 40.1. The van der Waals surface area contributed by atoms with Gasteiger partial charge in [0.15, 0.2) is 11.5 Å². The highest BCUT2D eigenvalue weighted by atomic mass is 16.7. The predicted octanol–water partition coefficient (Wildman–Crippen LogP) is 0.105. The van der Waals surface area contributed by atoms with E-state index in [2.05, 4.69) is 0 Å². The maximum atomic E-state index is 12.1. The van der Waals surface area contributed by atoms with Crippen LogP contribution in [0, 0.1) is 6.92 Å². The number of hydrogen-bond donors (Lipinski definition) is 4. The van der Waals surface area contributed by atoms with Crippen LogP contribution in [0.15, 0.2) is 45.8 Å². The van der Waals surface area contributed by atoms with Gasteiger partial charge in [-0.05, 0) is 30.7 Å². The molecule has 0 amide bonds. The number of carbonyl (C=O) groups excluding carboxylic acids is 1. The van der Waals surface area contributed by atoms with Gasteiger partial charge in [-0.25, -0.2) is 4.79 Å². The maximum absolute atomic E-state index is 12.1. The Morgan fingerprint density at radius 2 is 1.91 bits per heavy atom. The van der Waals surface area contributed by atoms with Crippen molar-refractivity contribution in [2.75, 3.05) is 13.7 Å². The summed E-state index contributed by atoms with van der Waals surface area (Å²) in [4.78, 5) is 24.0. The Morgan fingerprint density at radius 3 is 2.61 bits per heavy atom. The minimum absolute atomic E-state index is 0.0540. The molecule has 1 aromatic heterocycles. The number of phenolic OH excluding ortho intramolecular Hbond substituents is 1. The van der Waals surface area contributed by atoms with E-state index in [4.69, 9.17) is 23.4 Å². The van der Waals surface area contributed by atoms with Gasteiger partial charge in [0.2, 0.25) is 17.5 Å². The van der Waals surface area contributed by atoms with Crippen LogP contribution in [0.1, 0.15) is 11.3 Å². The third-order valence-electron chi connectivity index (χ3n) is 4.92. The number of carbonyl (C=O) groups is 1. The van der Waals surface area contributed by atoms with Gasteiger partial charge in [0, 0.05) is 12.1 Å². The van der Waals surface area contributed by atoms with Gasteiger partial charge in [0.1, 0.15) is 36.8 Å². The van der Waals surface area contributed by atoms with Crippen molar-refractivity contribution in [2.45, 2.75) is 37.6 Å². The van der Waals surface area contributed by atoms with E-state index in [1.54, 1.807) is 6.07 Å². The van der Waals surface area contributed by atoms with Crippen LogP contribution in [0.25, 0.3) is 6.08 Å². The van der Waals surface area contributed by atoms with E-state index in [1.807, 2.05) is 0 Å². The first-order chi connectivity index (χ1) is 15.7. The number of rotatable bonds is 7. The lowest BCUT2D eigenvalue weighted by molar-refractivity contribution is -0.278. The van der Waals surface area contributed by atoms with E-state index in [1.165, 1.54) is 38.5 Å². The minimum atomic E-state index is -1.69. The molecule has 0 saturated carbocycles. The molecular formula is C22H24O11. The van der Waals surface area contributed by atoms with E-state index in [-0.39, 0.29) is 23.0 Å². The highest BCUT2D eigenvalue weighted by molar-refractivity contribution is 5.87. The van der Waals surface area contributed by atoms with Crippen molar-refractivity contribution >= 4 is 12.0 Å². The molecule has 2 aromatic rings. The van der Waals surface area contributed by atoms with Crippen LogP contribution in [0.2, 0.25) is 0 Å². The number of methoxy groups -OCH3 is 1. The van der Waals surface area contributed by atoms with Crippen LogP contribution in [-0.2, 0) is 14.3 Å². The van der Waals surface area contributed by atoms with E-state index in [0.717, 1.165) is 12.1 Å². The van der Waals surface area contributed by atoms with Gasteiger partial charge in [0.05, 0.1) is 13.4 Å². The van der Waals surface area contributed by atoms with Crippen LogP contribution < -0.4 is 14.9 Å². The lowest BCUT2D eigenvalue weighted by atomic mass is 9.99. The van der Waals surface area contributed by atoms with Crippen molar-refractivity contribution in [3.63, 3.8) is 0 Å². The average Bonchev–Trinajstić information content (AvgIpc) is 2.80. The van der Waals surface area contributed by atoms with Gasteiger partial charge in [-0.1, -0.05) is 6.07 Å². The molecule has 1 fully saturated rings. The van der Waals surface area contributed by atoms with Crippen molar-refractivity contribution in [1.29, 1.82) is 0 Å². The lowest BCUT2D eigenvalue weighted by Crippen LogP contribution is -2.60. The molecule has 3 rings (SSSR count). The molecule has 0 spiro atoms. The summed E-state index contributed by atoms with van der Waals surface area (Å²) in [5.74, 6) is -0.714. The second kappa shape index (κ2) is 10.5. The molecule has 11 heteroatoms. The Labute approximate surface area is 188 Å². The molecular weight excluding hydrogens is 440 g/mol. The molecule has 0 bridgehead atoms. The predicted molar refractivity (Wildman–Crippen MR) is 112 cm³/mol. The number of ether oxygens (including phenoxy) is 4. The zero-order valence-corrected chi connectivity index (χ0v) is 17.8. The van der Waals surface area contributed by atoms with E-state index in [0.29, 0.717) is 5.56 Å². The average molecular weight is 464 g/mol. The van der Waals surface area contributed by atoms with Crippen molar-refractivity contribution in [3.05, 3.63) is 58.2 Å². The summed E-state index contributed by atoms with van der Waals surface area (Å²) in [6, 6.07) is 5.57. The number of esters is 1. The Morgan fingerprint density at radius 1 is 1.15 bits per heavy atom. The first-order valence-electron chi connectivity index (χ1n) is 9.87. The molecule has 1 aromatic carbocycles. The fourth-order valence-electron chi connectivity index (χ4n) is 3.08. The summed E-state index contributed by atoms with van der Waals surface area (Å²) < 4.78 is 26.0. The Kier molecular flexibility index (Phi) is 7.71. The Balaban J connectivity index is 1.63. The molecule has 4 N–H and O–H groups in total. The van der Waals surface area contributed by atoms with Gasteiger partial charge in [-0.2, -0.15) is 0 Å². The van der Waals surface area contributed by atoms with Crippen molar-refractivity contribution in [1.82, 2.24) is 0 Å². The number of hydrogen-bond acceptors (Lipinski definition) is 11. The first kappa shape index (κ1) is 24.3. The maximum Gasteiger partial charge on any atom is 0.330 e. The molecule has 178 valence electrons. The quantitative estimate of drug-likeness (QED) is 0.324. The third-order valence-corrected chi connectivity index (χ3v) is 4.92.